The topological polar surface area (TPSA) is 55.4 Å². The Kier molecular flexibility index (Phi) is 5.28. The number of aryl methyl sites for hydroxylation is 2. The number of benzene rings is 3. The van der Waals surface area contributed by atoms with Gasteiger partial charge in [-0.15, -0.1) is 0 Å². The van der Waals surface area contributed by atoms with Crippen molar-refractivity contribution in [2.24, 2.45) is 0 Å². The average Bonchev–Trinajstić information content (AvgIpc) is 2.61. The quantitative estimate of drug-likeness (QED) is 0.643. The Morgan fingerprint density at radius 2 is 1.58 bits per heavy atom. The molecule has 0 fully saturated rings. The van der Waals surface area contributed by atoms with Crippen LogP contribution in [0.1, 0.15) is 16.7 Å². The lowest BCUT2D eigenvalue weighted by Gasteiger charge is -2.13. The summed E-state index contributed by atoms with van der Waals surface area (Å²) in [5.41, 5.74) is 3.89. The third-order valence-electron chi connectivity index (χ3n) is 3.98. The lowest BCUT2D eigenvalue weighted by Crippen LogP contribution is -2.12. The molecule has 0 saturated carbocycles. The molecule has 0 bridgehead atoms. The fraction of sp³-hybridized carbons (Fsp3) is 0.143. The fourth-order valence-corrected chi connectivity index (χ4v) is 3.52. The first-order valence-corrected chi connectivity index (χ1v) is 9.74. The number of rotatable bonds is 6. The molecule has 0 unspecified atom stereocenters. The van der Waals surface area contributed by atoms with Gasteiger partial charge in [-0.3, -0.25) is 0 Å². The molecule has 0 aliphatic heterocycles. The fourth-order valence-electron chi connectivity index (χ4n) is 2.55. The highest BCUT2D eigenvalue weighted by molar-refractivity contribution is 7.87. The molecule has 134 valence electrons. The molecule has 0 amide bonds. The van der Waals surface area contributed by atoms with Crippen LogP contribution in [0.2, 0.25) is 0 Å². The van der Waals surface area contributed by atoms with Crippen LogP contribution in [0.25, 0.3) is 0 Å². The van der Waals surface area contributed by atoms with E-state index in [0.29, 0.717) is 12.3 Å². The van der Waals surface area contributed by atoms with Crippen LogP contribution in [-0.2, 0) is 16.7 Å². The zero-order valence-corrected chi connectivity index (χ0v) is 15.6. The molecule has 4 nitrogen and oxygen atoms in total. The maximum absolute atomic E-state index is 12.5. The van der Waals surface area contributed by atoms with Crippen molar-refractivity contribution in [3.8, 4) is 5.75 Å². The first-order valence-electron chi connectivity index (χ1n) is 8.34. The average molecular weight is 367 g/mol. The van der Waals surface area contributed by atoms with Crippen LogP contribution in [0.5, 0.6) is 5.75 Å². The van der Waals surface area contributed by atoms with E-state index in [1.54, 1.807) is 36.4 Å². The predicted octanol–water partition coefficient (Wildman–Crippen LogP) is 4.68. The van der Waals surface area contributed by atoms with Crippen LogP contribution in [0.15, 0.2) is 77.7 Å². The monoisotopic (exact) mass is 367 g/mol. The molecule has 5 heteroatoms. The molecule has 0 aromatic heterocycles. The van der Waals surface area contributed by atoms with Crippen LogP contribution < -0.4 is 9.50 Å². The third-order valence-corrected chi connectivity index (χ3v) is 5.23. The minimum Gasteiger partial charge on any atom is -0.381 e. The van der Waals surface area contributed by atoms with Crippen LogP contribution in [0, 0.1) is 13.8 Å². The van der Waals surface area contributed by atoms with Crippen molar-refractivity contribution in [3.05, 3.63) is 89.5 Å². The van der Waals surface area contributed by atoms with Crippen LogP contribution in [0.3, 0.4) is 0 Å². The molecule has 0 atom stereocenters. The van der Waals surface area contributed by atoms with Gasteiger partial charge >= 0.3 is 10.1 Å². The summed E-state index contributed by atoms with van der Waals surface area (Å²) in [4.78, 5) is 0.143. The number of nitrogens with one attached hydrogen (secondary N) is 1. The smallest absolute Gasteiger partial charge is 0.339 e. The highest BCUT2D eigenvalue weighted by Crippen LogP contribution is 2.24. The Labute approximate surface area is 154 Å². The molecule has 3 aromatic carbocycles. The molecular formula is C21H21NO3S. The van der Waals surface area contributed by atoms with Crippen molar-refractivity contribution in [2.75, 3.05) is 5.32 Å². The first-order chi connectivity index (χ1) is 12.4. The molecule has 0 spiro atoms. The Morgan fingerprint density at radius 3 is 2.31 bits per heavy atom. The second-order valence-electron chi connectivity index (χ2n) is 6.18. The number of hydrogen-bond donors (Lipinski definition) is 1. The Bertz CT molecular complexity index is 996. The molecule has 3 rings (SSSR count). The molecule has 0 heterocycles. The zero-order valence-electron chi connectivity index (χ0n) is 14.8. The zero-order chi connectivity index (χ0) is 18.6. The lowest BCUT2D eigenvalue weighted by molar-refractivity contribution is 0.483. The van der Waals surface area contributed by atoms with Gasteiger partial charge in [-0.05, 0) is 49.7 Å². The Hall–Kier alpha value is -2.79. The van der Waals surface area contributed by atoms with E-state index in [9.17, 15) is 8.42 Å². The van der Waals surface area contributed by atoms with Gasteiger partial charge in [0, 0.05) is 17.8 Å². The van der Waals surface area contributed by atoms with Gasteiger partial charge in [0.25, 0.3) is 0 Å². The van der Waals surface area contributed by atoms with Crippen molar-refractivity contribution in [2.45, 2.75) is 25.3 Å². The molecule has 3 aromatic rings. The van der Waals surface area contributed by atoms with E-state index in [-0.39, 0.29) is 4.90 Å². The van der Waals surface area contributed by atoms with E-state index in [4.69, 9.17) is 4.18 Å². The van der Waals surface area contributed by atoms with Gasteiger partial charge in [0.2, 0.25) is 0 Å². The summed E-state index contributed by atoms with van der Waals surface area (Å²) >= 11 is 0. The van der Waals surface area contributed by atoms with Crippen LogP contribution in [-0.4, -0.2) is 8.42 Å². The van der Waals surface area contributed by atoms with E-state index in [1.807, 2.05) is 50.2 Å². The van der Waals surface area contributed by atoms with E-state index in [0.717, 1.165) is 22.4 Å². The second kappa shape index (κ2) is 7.62. The summed E-state index contributed by atoms with van der Waals surface area (Å²) in [5, 5.41) is 3.30. The van der Waals surface area contributed by atoms with E-state index < -0.39 is 10.1 Å². The highest BCUT2D eigenvalue weighted by atomic mass is 32.2. The summed E-state index contributed by atoms with van der Waals surface area (Å²) in [7, 11) is -3.87. The van der Waals surface area contributed by atoms with Gasteiger partial charge in [0.1, 0.15) is 10.6 Å². The van der Waals surface area contributed by atoms with E-state index in [1.165, 1.54) is 0 Å². The Morgan fingerprint density at radius 1 is 0.846 bits per heavy atom. The van der Waals surface area contributed by atoms with Crippen molar-refractivity contribution in [3.63, 3.8) is 0 Å². The summed E-state index contributed by atoms with van der Waals surface area (Å²) in [6, 6.07) is 21.8. The molecular weight excluding hydrogens is 346 g/mol. The second-order valence-corrected chi connectivity index (χ2v) is 7.73. The Balaban J connectivity index is 1.79. The van der Waals surface area contributed by atoms with Crippen molar-refractivity contribution in [1.29, 1.82) is 0 Å². The van der Waals surface area contributed by atoms with E-state index in [2.05, 4.69) is 5.32 Å². The predicted molar refractivity (Wildman–Crippen MR) is 104 cm³/mol. The molecule has 0 aliphatic rings. The van der Waals surface area contributed by atoms with Gasteiger partial charge in [-0.1, -0.05) is 48.0 Å². The maximum atomic E-state index is 12.5. The third kappa shape index (κ3) is 4.43. The highest BCUT2D eigenvalue weighted by Gasteiger charge is 2.18. The molecule has 0 saturated heterocycles. The van der Waals surface area contributed by atoms with E-state index >= 15 is 0 Å². The lowest BCUT2D eigenvalue weighted by atomic mass is 10.2. The summed E-state index contributed by atoms with van der Waals surface area (Å²) in [5.74, 6) is 0.327. The van der Waals surface area contributed by atoms with Gasteiger partial charge in [-0.25, -0.2) is 0 Å². The van der Waals surface area contributed by atoms with Crippen molar-refractivity contribution < 1.29 is 12.6 Å². The largest absolute Gasteiger partial charge is 0.381 e. The molecule has 26 heavy (non-hydrogen) atoms. The van der Waals surface area contributed by atoms with Gasteiger partial charge < -0.3 is 9.50 Å². The maximum Gasteiger partial charge on any atom is 0.339 e. The summed E-state index contributed by atoms with van der Waals surface area (Å²) in [6.07, 6.45) is 0. The molecule has 0 radical (unpaired) electrons. The van der Waals surface area contributed by atoms with Gasteiger partial charge in [0.05, 0.1) is 0 Å². The summed E-state index contributed by atoms with van der Waals surface area (Å²) in [6.45, 7) is 4.39. The number of hydrogen-bond acceptors (Lipinski definition) is 4. The number of anilines is 1. The minimum absolute atomic E-state index is 0.143. The number of para-hydroxylation sites is 1. The van der Waals surface area contributed by atoms with Crippen molar-refractivity contribution in [1.82, 2.24) is 0 Å². The van der Waals surface area contributed by atoms with Crippen molar-refractivity contribution >= 4 is 15.8 Å². The van der Waals surface area contributed by atoms with Gasteiger partial charge in [0.15, 0.2) is 0 Å². The molecule has 0 aliphatic carbocycles. The standard InChI is InChI=1S/C21H21NO3S/c1-16-10-12-20(13-11-16)26(23,24)25-21-9-4-3-7-18(21)15-22-19-8-5-6-17(2)14-19/h3-14,22H,15H2,1-2H3. The molecule has 1 N–H and O–H groups in total. The summed E-state index contributed by atoms with van der Waals surface area (Å²) < 4.78 is 30.5. The minimum atomic E-state index is -3.87. The van der Waals surface area contributed by atoms with Crippen LogP contribution in [0.4, 0.5) is 5.69 Å². The normalized spacial score (nSPS) is 11.2. The first kappa shape index (κ1) is 18.0. The van der Waals surface area contributed by atoms with Gasteiger partial charge in [-0.2, -0.15) is 8.42 Å². The SMILES string of the molecule is Cc1ccc(S(=O)(=O)Oc2ccccc2CNc2cccc(C)c2)cc1. The van der Waals surface area contributed by atoms with Crippen LogP contribution >= 0.6 is 0 Å².